The number of hydrogen-bond donors (Lipinski definition) is 1. The SMILES string of the molecule is CC(C)N1CCN(C(=O)c2ccc(N)cc2Cl)CC1. The van der Waals surface area contributed by atoms with Gasteiger partial charge in [-0.1, -0.05) is 11.6 Å². The zero-order valence-electron chi connectivity index (χ0n) is 11.4. The van der Waals surface area contributed by atoms with Gasteiger partial charge in [0.05, 0.1) is 10.6 Å². The first kappa shape index (κ1) is 14.2. The highest BCUT2D eigenvalue weighted by Gasteiger charge is 2.24. The number of nitrogen functional groups attached to an aromatic ring is 1. The third-order valence-electron chi connectivity index (χ3n) is 3.56. The van der Waals surface area contributed by atoms with Crippen molar-refractivity contribution in [2.75, 3.05) is 31.9 Å². The Morgan fingerprint density at radius 2 is 1.89 bits per heavy atom. The Kier molecular flexibility index (Phi) is 4.32. The molecule has 0 radical (unpaired) electrons. The van der Waals surface area contributed by atoms with Crippen LogP contribution in [0.2, 0.25) is 5.02 Å². The zero-order valence-corrected chi connectivity index (χ0v) is 12.2. The summed E-state index contributed by atoms with van der Waals surface area (Å²) in [6.07, 6.45) is 0. The van der Waals surface area contributed by atoms with Gasteiger partial charge < -0.3 is 10.6 Å². The lowest BCUT2D eigenvalue weighted by molar-refractivity contribution is 0.0595. The standard InChI is InChI=1S/C14H20ClN3O/c1-10(2)17-5-7-18(8-6-17)14(19)12-4-3-11(16)9-13(12)15/h3-4,9-10H,5-8,16H2,1-2H3. The highest BCUT2D eigenvalue weighted by molar-refractivity contribution is 6.34. The zero-order chi connectivity index (χ0) is 14.0. The molecule has 4 nitrogen and oxygen atoms in total. The molecule has 2 rings (SSSR count). The maximum Gasteiger partial charge on any atom is 0.255 e. The van der Waals surface area contributed by atoms with E-state index in [0.29, 0.717) is 22.3 Å². The van der Waals surface area contributed by atoms with E-state index < -0.39 is 0 Å². The Morgan fingerprint density at radius 3 is 2.42 bits per heavy atom. The van der Waals surface area contributed by atoms with Crippen LogP contribution in [0.15, 0.2) is 18.2 Å². The van der Waals surface area contributed by atoms with E-state index in [1.807, 2.05) is 4.90 Å². The summed E-state index contributed by atoms with van der Waals surface area (Å²) in [5.41, 5.74) is 6.75. The Bertz CT molecular complexity index is 468. The summed E-state index contributed by atoms with van der Waals surface area (Å²) in [6.45, 7) is 7.67. The minimum atomic E-state index is -0.00611. The Morgan fingerprint density at radius 1 is 1.26 bits per heavy atom. The molecule has 0 aliphatic carbocycles. The van der Waals surface area contributed by atoms with E-state index in [9.17, 15) is 4.79 Å². The van der Waals surface area contributed by atoms with Crippen LogP contribution in [0, 0.1) is 0 Å². The summed E-state index contributed by atoms with van der Waals surface area (Å²) in [5, 5.41) is 0.427. The average Bonchev–Trinajstić information content (AvgIpc) is 2.38. The molecule has 1 aromatic carbocycles. The van der Waals surface area contributed by atoms with Crippen LogP contribution in [-0.2, 0) is 0 Å². The van der Waals surface area contributed by atoms with Crippen molar-refractivity contribution >= 4 is 23.2 Å². The molecule has 0 unspecified atom stereocenters. The summed E-state index contributed by atoms with van der Waals surface area (Å²) >= 11 is 6.08. The smallest absolute Gasteiger partial charge is 0.255 e. The van der Waals surface area contributed by atoms with Crippen molar-refractivity contribution in [2.24, 2.45) is 0 Å². The molecule has 1 fully saturated rings. The predicted molar refractivity (Wildman–Crippen MR) is 78.5 cm³/mol. The number of rotatable bonds is 2. The minimum Gasteiger partial charge on any atom is -0.399 e. The normalized spacial score (nSPS) is 16.9. The van der Waals surface area contributed by atoms with E-state index in [1.165, 1.54) is 0 Å². The largest absolute Gasteiger partial charge is 0.399 e. The quantitative estimate of drug-likeness (QED) is 0.845. The van der Waals surface area contributed by atoms with E-state index >= 15 is 0 Å². The summed E-state index contributed by atoms with van der Waals surface area (Å²) in [6, 6.07) is 5.56. The van der Waals surface area contributed by atoms with Crippen molar-refractivity contribution in [1.82, 2.24) is 9.80 Å². The average molecular weight is 282 g/mol. The summed E-state index contributed by atoms with van der Waals surface area (Å²) in [7, 11) is 0. The molecule has 5 heteroatoms. The van der Waals surface area contributed by atoms with Gasteiger partial charge >= 0.3 is 0 Å². The number of nitrogens with two attached hydrogens (primary N) is 1. The van der Waals surface area contributed by atoms with Crippen LogP contribution in [0.1, 0.15) is 24.2 Å². The molecular weight excluding hydrogens is 262 g/mol. The maximum absolute atomic E-state index is 12.4. The number of carbonyl (C=O) groups is 1. The Balaban J connectivity index is 2.05. The number of hydrogen-bond acceptors (Lipinski definition) is 3. The van der Waals surface area contributed by atoms with E-state index in [4.69, 9.17) is 17.3 Å². The van der Waals surface area contributed by atoms with Gasteiger partial charge in [0, 0.05) is 37.9 Å². The topological polar surface area (TPSA) is 49.6 Å². The van der Waals surface area contributed by atoms with Gasteiger partial charge in [0.2, 0.25) is 0 Å². The molecule has 0 atom stereocenters. The van der Waals surface area contributed by atoms with Crippen LogP contribution in [0.25, 0.3) is 0 Å². The van der Waals surface area contributed by atoms with Gasteiger partial charge in [0.15, 0.2) is 0 Å². The number of carbonyl (C=O) groups excluding carboxylic acids is 1. The van der Waals surface area contributed by atoms with Crippen LogP contribution in [0.3, 0.4) is 0 Å². The molecule has 0 bridgehead atoms. The number of piperazine rings is 1. The number of benzene rings is 1. The number of halogens is 1. The minimum absolute atomic E-state index is 0.00611. The molecular formula is C14H20ClN3O. The van der Waals surface area contributed by atoms with Gasteiger partial charge in [-0.3, -0.25) is 9.69 Å². The summed E-state index contributed by atoms with van der Waals surface area (Å²) in [5.74, 6) is -0.00611. The second kappa shape index (κ2) is 5.80. The molecule has 1 amide bonds. The van der Waals surface area contributed by atoms with Gasteiger partial charge in [-0.15, -0.1) is 0 Å². The molecule has 1 saturated heterocycles. The third-order valence-corrected chi connectivity index (χ3v) is 3.87. The number of anilines is 1. The van der Waals surface area contributed by atoms with Crippen molar-refractivity contribution in [2.45, 2.75) is 19.9 Å². The molecule has 1 aromatic rings. The molecule has 1 heterocycles. The monoisotopic (exact) mass is 281 g/mol. The van der Waals surface area contributed by atoms with Crippen LogP contribution in [0.4, 0.5) is 5.69 Å². The number of amides is 1. The molecule has 19 heavy (non-hydrogen) atoms. The predicted octanol–water partition coefficient (Wildman–Crippen LogP) is 2.09. The highest BCUT2D eigenvalue weighted by atomic mass is 35.5. The summed E-state index contributed by atoms with van der Waals surface area (Å²) < 4.78 is 0. The van der Waals surface area contributed by atoms with E-state index in [0.717, 1.165) is 26.2 Å². The van der Waals surface area contributed by atoms with Gasteiger partial charge in [-0.2, -0.15) is 0 Å². The lowest BCUT2D eigenvalue weighted by Gasteiger charge is -2.37. The molecule has 0 spiro atoms. The Hall–Kier alpha value is -1.26. The Labute approximate surface area is 119 Å². The molecule has 0 saturated carbocycles. The lowest BCUT2D eigenvalue weighted by Crippen LogP contribution is -2.50. The van der Waals surface area contributed by atoms with Gasteiger partial charge in [-0.05, 0) is 32.0 Å². The second-order valence-corrected chi connectivity index (χ2v) is 5.57. The van der Waals surface area contributed by atoms with Crippen molar-refractivity contribution in [3.05, 3.63) is 28.8 Å². The van der Waals surface area contributed by atoms with Gasteiger partial charge in [0.25, 0.3) is 5.91 Å². The first-order valence-corrected chi connectivity index (χ1v) is 6.95. The van der Waals surface area contributed by atoms with E-state index in [-0.39, 0.29) is 5.91 Å². The lowest BCUT2D eigenvalue weighted by atomic mass is 10.1. The van der Waals surface area contributed by atoms with E-state index in [1.54, 1.807) is 18.2 Å². The first-order chi connectivity index (χ1) is 8.99. The molecule has 2 N–H and O–H groups in total. The highest BCUT2D eigenvalue weighted by Crippen LogP contribution is 2.21. The van der Waals surface area contributed by atoms with Crippen molar-refractivity contribution < 1.29 is 4.79 Å². The molecule has 1 aliphatic rings. The molecule has 1 aliphatic heterocycles. The van der Waals surface area contributed by atoms with Crippen molar-refractivity contribution in [1.29, 1.82) is 0 Å². The van der Waals surface area contributed by atoms with Crippen LogP contribution < -0.4 is 5.73 Å². The van der Waals surface area contributed by atoms with Gasteiger partial charge in [0.1, 0.15) is 0 Å². The van der Waals surface area contributed by atoms with Crippen LogP contribution in [-0.4, -0.2) is 47.9 Å². The summed E-state index contributed by atoms with van der Waals surface area (Å²) in [4.78, 5) is 16.6. The maximum atomic E-state index is 12.4. The molecule has 104 valence electrons. The number of nitrogens with zero attached hydrogens (tertiary/aromatic N) is 2. The van der Waals surface area contributed by atoms with E-state index in [2.05, 4.69) is 18.7 Å². The van der Waals surface area contributed by atoms with Crippen LogP contribution >= 0.6 is 11.6 Å². The van der Waals surface area contributed by atoms with Crippen molar-refractivity contribution in [3.63, 3.8) is 0 Å². The fourth-order valence-corrected chi connectivity index (χ4v) is 2.59. The third kappa shape index (κ3) is 3.19. The second-order valence-electron chi connectivity index (χ2n) is 5.16. The fraction of sp³-hybridized carbons (Fsp3) is 0.500. The fourth-order valence-electron chi connectivity index (χ4n) is 2.32. The van der Waals surface area contributed by atoms with Gasteiger partial charge in [-0.25, -0.2) is 0 Å². The van der Waals surface area contributed by atoms with Crippen molar-refractivity contribution in [3.8, 4) is 0 Å². The van der Waals surface area contributed by atoms with Crippen LogP contribution in [0.5, 0.6) is 0 Å². The first-order valence-electron chi connectivity index (χ1n) is 6.57. The molecule has 0 aromatic heterocycles.